The number of rotatable bonds is 2. The highest BCUT2D eigenvalue weighted by Gasteiger charge is 2.26. The van der Waals surface area contributed by atoms with Gasteiger partial charge in [0.25, 0.3) is 0 Å². The lowest BCUT2D eigenvalue weighted by Gasteiger charge is -2.11. The van der Waals surface area contributed by atoms with Gasteiger partial charge in [-0.1, -0.05) is 23.2 Å². The Hall–Kier alpha value is -1.59. The summed E-state index contributed by atoms with van der Waals surface area (Å²) < 4.78 is 6.86. The summed E-state index contributed by atoms with van der Waals surface area (Å²) >= 11 is 12.3. The van der Waals surface area contributed by atoms with Crippen LogP contribution in [0.4, 0.5) is 0 Å². The van der Waals surface area contributed by atoms with Crippen LogP contribution in [0.15, 0.2) is 18.2 Å². The molecule has 0 saturated carbocycles. The van der Waals surface area contributed by atoms with E-state index >= 15 is 0 Å². The molecule has 1 unspecified atom stereocenters. The van der Waals surface area contributed by atoms with Crippen LogP contribution >= 0.6 is 23.2 Å². The van der Waals surface area contributed by atoms with Gasteiger partial charge in [0.2, 0.25) is 0 Å². The van der Waals surface area contributed by atoms with E-state index in [1.807, 2.05) is 4.57 Å². The number of carbonyl (C=O) groups is 1. The van der Waals surface area contributed by atoms with Gasteiger partial charge >= 0.3 is 5.97 Å². The maximum atomic E-state index is 11.7. The van der Waals surface area contributed by atoms with E-state index < -0.39 is 0 Å². The average Bonchev–Trinajstić information content (AvgIpc) is 2.80. The fourth-order valence-electron chi connectivity index (χ4n) is 2.76. The van der Waals surface area contributed by atoms with Crippen molar-refractivity contribution < 1.29 is 9.53 Å². The molecule has 1 atom stereocenters. The van der Waals surface area contributed by atoms with Gasteiger partial charge in [0.15, 0.2) is 5.82 Å². The molecule has 5 nitrogen and oxygen atoms in total. The van der Waals surface area contributed by atoms with Crippen molar-refractivity contribution in [1.29, 1.82) is 0 Å². The van der Waals surface area contributed by atoms with Crippen LogP contribution in [-0.4, -0.2) is 27.8 Å². The van der Waals surface area contributed by atoms with Gasteiger partial charge in [-0.15, -0.1) is 10.2 Å². The predicted molar refractivity (Wildman–Crippen MR) is 83.9 cm³/mol. The topological polar surface area (TPSA) is 57.0 Å². The summed E-state index contributed by atoms with van der Waals surface area (Å²) in [5.41, 5.74) is 0.754. The van der Waals surface area contributed by atoms with E-state index in [9.17, 15) is 4.79 Å². The highest BCUT2D eigenvalue weighted by atomic mass is 35.5. The van der Waals surface area contributed by atoms with Gasteiger partial charge in [0.05, 0.1) is 18.1 Å². The quantitative estimate of drug-likeness (QED) is 0.787. The number of halogens is 2. The lowest BCUT2D eigenvalue weighted by Crippen LogP contribution is -2.16. The van der Waals surface area contributed by atoms with Crippen LogP contribution in [0, 0.1) is 5.92 Å². The monoisotopic (exact) mass is 339 g/mol. The molecule has 0 N–H and O–H groups in total. The van der Waals surface area contributed by atoms with Gasteiger partial charge in [-0.2, -0.15) is 0 Å². The highest BCUT2D eigenvalue weighted by Crippen LogP contribution is 2.31. The first-order valence-electron chi connectivity index (χ1n) is 7.05. The molecule has 0 saturated heterocycles. The molecule has 0 aliphatic carbocycles. The first kappa shape index (κ1) is 15.3. The summed E-state index contributed by atoms with van der Waals surface area (Å²) in [4.78, 5) is 11.7. The van der Waals surface area contributed by atoms with Crippen LogP contribution in [0.2, 0.25) is 10.0 Å². The summed E-state index contributed by atoms with van der Waals surface area (Å²) in [6.07, 6.45) is 2.10. The van der Waals surface area contributed by atoms with Crippen molar-refractivity contribution in [3.05, 3.63) is 34.1 Å². The van der Waals surface area contributed by atoms with Crippen molar-refractivity contribution in [3.8, 4) is 11.4 Å². The molecule has 2 aromatic rings. The Kier molecular flexibility index (Phi) is 4.36. The number of nitrogens with zero attached hydrogens (tertiary/aromatic N) is 3. The molecule has 0 amide bonds. The minimum absolute atomic E-state index is 0.102. The maximum absolute atomic E-state index is 11.7. The van der Waals surface area contributed by atoms with Crippen LogP contribution in [0.3, 0.4) is 0 Å². The third-order valence-corrected chi connectivity index (χ3v) is 4.51. The Labute approximate surface area is 138 Å². The zero-order valence-electron chi connectivity index (χ0n) is 12.1. The second-order valence-electron chi connectivity index (χ2n) is 5.26. The van der Waals surface area contributed by atoms with Gasteiger partial charge in [0, 0.05) is 23.6 Å². The van der Waals surface area contributed by atoms with E-state index in [2.05, 4.69) is 10.2 Å². The van der Waals surface area contributed by atoms with Gasteiger partial charge in [-0.3, -0.25) is 4.79 Å². The number of aryl methyl sites for hydroxylation is 1. The number of ether oxygens (including phenoxy) is 1. The molecule has 1 aromatic heterocycles. The highest BCUT2D eigenvalue weighted by molar-refractivity contribution is 6.35. The fourth-order valence-corrected chi connectivity index (χ4v) is 3.13. The van der Waals surface area contributed by atoms with Crippen molar-refractivity contribution in [3.63, 3.8) is 0 Å². The molecule has 1 aliphatic heterocycles. The van der Waals surface area contributed by atoms with E-state index in [0.717, 1.165) is 11.4 Å². The van der Waals surface area contributed by atoms with E-state index in [0.29, 0.717) is 41.7 Å². The average molecular weight is 340 g/mol. The molecule has 1 aromatic carbocycles. The number of aromatic nitrogens is 3. The third-order valence-electron chi connectivity index (χ3n) is 3.95. The number of hydrogen-bond donors (Lipinski definition) is 0. The number of methoxy groups -OCH3 is 1. The predicted octanol–water partition coefficient (Wildman–Crippen LogP) is 3.38. The van der Waals surface area contributed by atoms with Gasteiger partial charge in [-0.05, 0) is 31.0 Å². The molecule has 7 heteroatoms. The Morgan fingerprint density at radius 2 is 2.14 bits per heavy atom. The van der Waals surface area contributed by atoms with Crippen LogP contribution in [0.25, 0.3) is 11.4 Å². The van der Waals surface area contributed by atoms with Crippen molar-refractivity contribution >= 4 is 29.2 Å². The number of hydrogen-bond acceptors (Lipinski definition) is 4. The second kappa shape index (κ2) is 6.26. The smallest absolute Gasteiger partial charge is 0.308 e. The zero-order valence-corrected chi connectivity index (χ0v) is 13.6. The largest absolute Gasteiger partial charge is 0.469 e. The Morgan fingerprint density at radius 3 is 2.91 bits per heavy atom. The second-order valence-corrected chi connectivity index (χ2v) is 6.11. The minimum atomic E-state index is -0.166. The molecule has 116 valence electrons. The standard InChI is InChI=1S/C15H15Cl2N3O2/c1-22-15(21)9-2-5-13-18-19-14(20(13)7-6-9)11-8-10(16)3-4-12(11)17/h3-4,8-9H,2,5-7H2,1H3. The number of esters is 1. The van der Waals surface area contributed by atoms with Crippen LogP contribution < -0.4 is 0 Å². The maximum Gasteiger partial charge on any atom is 0.308 e. The summed E-state index contributed by atoms with van der Waals surface area (Å²) in [5.74, 6) is 1.28. The molecule has 0 radical (unpaired) electrons. The Bertz CT molecular complexity index is 715. The summed E-state index contributed by atoms with van der Waals surface area (Å²) in [6, 6.07) is 5.26. The first-order chi connectivity index (χ1) is 10.6. The number of carbonyl (C=O) groups excluding carboxylic acids is 1. The van der Waals surface area contributed by atoms with Crippen molar-refractivity contribution in [2.24, 2.45) is 5.92 Å². The molecule has 22 heavy (non-hydrogen) atoms. The molecule has 3 rings (SSSR count). The normalized spacial score (nSPS) is 17.7. The molecule has 0 fully saturated rings. The minimum Gasteiger partial charge on any atom is -0.469 e. The van der Waals surface area contributed by atoms with Crippen LogP contribution in [0.1, 0.15) is 18.7 Å². The van der Waals surface area contributed by atoms with E-state index in [1.165, 1.54) is 7.11 Å². The number of fused-ring (bicyclic) bond motifs is 1. The fraction of sp³-hybridized carbons (Fsp3) is 0.400. The summed E-state index contributed by atoms with van der Waals surface area (Å²) in [7, 11) is 1.42. The van der Waals surface area contributed by atoms with E-state index in [4.69, 9.17) is 27.9 Å². The van der Waals surface area contributed by atoms with Crippen LogP contribution in [-0.2, 0) is 22.5 Å². The Balaban J connectivity index is 1.94. The third kappa shape index (κ3) is 2.83. The molecule has 1 aliphatic rings. The van der Waals surface area contributed by atoms with Crippen LogP contribution in [0.5, 0.6) is 0 Å². The van der Waals surface area contributed by atoms with Crippen molar-refractivity contribution in [1.82, 2.24) is 14.8 Å². The van der Waals surface area contributed by atoms with E-state index in [1.54, 1.807) is 18.2 Å². The summed E-state index contributed by atoms with van der Waals surface area (Å²) in [5, 5.41) is 9.67. The number of benzene rings is 1. The molecular weight excluding hydrogens is 325 g/mol. The SMILES string of the molecule is COC(=O)C1CCc2nnc(-c3cc(Cl)ccc3Cl)n2CC1. The van der Waals surface area contributed by atoms with Crippen molar-refractivity contribution in [2.45, 2.75) is 25.8 Å². The molecule has 0 bridgehead atoms. The Morgan fingerprint density at radius 1 is 1.32 bits per heavy atom. The van der Waals surface area contributed by atoms with Crippen molar-refractivity contribution in [2.75, 3.05) is 7.11 Å². The lowest BCUT2D eigenvalue weighted by atomic mass is 10.0. The van der Waals surface area contributed by atoms with Gasteiger partial charge < -0.3 is 9.30 Å². The van der Waals surface area contributed by atoms with E-state index in [-0.39, 0.29) is 11.9 Å². The van der Waals surface area contributed by atoms with Gasteiger partial charge in [0.1, 0.15) is 5.82 Å². The lowest BCUT2D eigenvalue weighted by molar-refractivity contribution is -0.145. The van der Waals surface area contributed by atoms with Gasteiger partial charge in [-0.25, -0.2) is 0 Å². The molecular formula is C15H15Cl2N3O2. The summed E-state index contributed by atoms with van der Waals surface area (Å²) in [6.45, 7) is 0.653. The zero-order chi connectivity index (χ0) is 15.7. The molecule has 2 heterocycles. The first-order valence-corrected chi connectivity index (χ1v) is 7.81. The molecule has 0 spiro atoms.